The lowest BCUT2D eigenvalue weighted by Gasteiger charge is -2.21. The first-order valence-electron chi connectivity index (χ1n) is 11.6. The molecule has 0 spiro atoms. The fraction of sp³-hybridized carbons (Fsp3) is 0.913. The average Bonchev–Trinajstić information content (AvgIpc) is 2.68. The Morgan fingerprint density at radius 3 is 1.22 bits per heavy atom. The molecule has 0 aromatic carbocycles. The molecule has 4 nitrogen and oxygen atoms in total. The maximum Gasteiger partial charge on any atom is 0.306 e. The average molecular weight is 381 g/mol. The van der Waals surface area contributed by atoms with E-state index in [2.05, 4.69) is 0 Å². The van der Waals surface area contributed by atoms with Crippen molar-refractivity contribution in [3.05, 3.63) is 0 Å². The molecule has 0 amide bonds. The van der Waals surface area contributed by atoms with Gasteiger partial charge < -0.3 is 9.47 Å². The van der Waals surface area contributed by atoms with Gasteiger partial charge >= 0.3 is 11.9 Å². The molecule has 0 aromatic heterocycles. The first-order chi connectivity index (χ1) is 13.2. The second kappa shape index (κ2) is 14.0. The minimum atomic E-state index is -0.00150. The summed E-state index contributed by atoms with van der Waals surface area (Å²) in [4.78, 5) is 23.7. The highest BCUT2D eigenvalue weighted by Gasteiger charge is 2.18. The Hall–Kier alpha value is -1.06. The summed E-state index contributed by atoms with van der Waals surface area (Å²) in [7, 11) is 0. The topological polar surface area (TPSA) is 52.6 Å². The molecule has 0 heterocycles. The van der Waals surface area contributed by atoms with E-state index in [0.29, 0.717) is 12.8 Å². The summed E-state index contributed by atoms with van der Waals surface area (Å²) in [6, 6.07) is 0. The van der Waals surface area contributed by atoms with Gasteiger partial charge in [0.25, 0.3) is 0 Å². The lowest BCUT2D eigenvalue weighted by Crippen LogP contribution is -2.20. The van der Waals surface area contributed by atoms with Gasteiger partial charge in [0, 0.05) is 12.8 Å². The zero-order chi connectivity index (χ0) is 19.2. The molecule has 2 saturated carbocycles. The second-order valence-electron chi connectivity index (χ2n) is 8.47. The molecule has 0 aromatic rings. The fourth-order valence-corrected chi connectivity index (χ4v) is 4.28. The molecule has 2 aliphatic rings. The quantitative estimate of drug-likeness (QED) is 0.297. The van der Waals surface area contributed by atoms with Crippen LogP contribution in [0.4, 0.5) is 0 Å². The first-order valence-corrected chi connectivity index (χ1v) is 11.6. The van der Waals surface area contributed by atoms with Gasteiger partial charge in [-0.1, -0.05) is 44.9 Å². The lowest BCUT2D eigenvalue weighted by atomic mass is 9.98. The molecule has 0 N–H and O–H groups in total. The van der Waals surface area contributed by atoms with Crippen LogP contribution >= 0.6 is 0 Å². The molecule has 0 radical (unpaired) electrons. The van der Waals surface area contributed by atoms with E-state index in [1.807, 2.05) is 0 Å². The third-order valence-corrected chi connectivity index (χ3v) is 5.96. The summed E-state index contributed by atoms with van der Waals surface area (Å²) in [6.07, 6.45) is 20.8. The van der Waals surface area contributed by atoms with Crippen molar-refractivity contribution in [1.29, 1.82) is 0 Å². The Morgan fingerprint density at radius 1 is 0.519 bits per heavy atom. The van der Waals surface area contributed by atoms with Gasteiger partial charge in [-0.15, -0.1) is 0 Å². The van der Waals surface area contributed by atoms with Crippen molar-refractivity contribution in [2.24, 2.45) is 0 Å². The van der Waals surface area contributed by atoms with Crippen LogP contribution in [0.15, 0.2) is 0 Å². The van der Waals surface area contributed by atoms with Crippen molar-refractivity contribution in [3.8, 4) is 0 Å². The summed E-state index contributed by atoms with van der Waals surface area (Å²) >= 11 is 0. The largest absolute Gasteiger partial charge is 0.462 e. The number of carbonyl (C=O) groups is 2. The van der Waals surface area contributed by atoms with Gasteiger partial charge in [-0.05, 0) is 64.2 Å². The van der Waals surface area contributed by atoms with Crippen LogP contribution < -0.4 is 0 Å². The molecular weight excluding hydrogens is 340 g/mol. The van der Waals surface area contributed by atoms with Gasteiger partial charge in [-0.2, -0.15) is 0 Å². The molecule has 2 aliphatic carbocycles. The van der Waals surface area contributed by atoms with Crippen LogP contribution in [0.25, 0.3) is 0 Å². The third-order valence-electron chi connectivity index (χ3n) is 5.96. The summed E-state index contributed by atoms with van der Waals surface area (Å²) in [5.41, 5.74) is 0. The van der Waals surface area contributed by atoms with E-state index in [1.165, 1.54) is 57.8 Å². The molecule has 27 heavy (non-hydrogen) atoms. The minimum absolute atomic E-state index is 0.00150. The number of carbonyl (C=O) groups excluding carboxylic acids is 2. The fourth-order valence-electron chi connectivity index (χ4n) is 4.28. The Kier molecular flexibility index (Phi) is 11.5. The van der Waals surface area contributed by atoms with Gasteiger partial charge in [0.05, 0.1) is 0 Å². The zero-order valence-electron chi connectivity index (χ0n) is 17.2. The van der Waals surface area contributed by atoms with Crippen molar-refractivity contribution in [2.45, 2.75) is 134 Å². The predicted molar refractivity (Wildman–Crippen MR) is 107 cm³/mol. The highest BCUT2D eigenvalue weighted by atomic mass is 16.5. The van der Waals surface area contributed by atoms with Gasteiger partial charge in [0.1, 0.15) is 12.2 Å². The Bertz CT molecular complexity index is 371. The highest BCUT2D eigenvalue weighted by Crippen LogP contribution is 2.22. The molecular formula is C23H40O4. The molecule has 0 saturated heterocycles. The van der Waals surface area contributed by atoms with Crippen LogP contribution in [-0.4, -0.2) is 24.1 Å². The number of ether oxygens (including phenoxy) is 2. The van der Waals surface area contributed by atoms with Crippen molar-refractivity contribution >= 4 is 11.9 Å². The standard InChI is InChI=1S/C23H40O4/c24-22(26-20-14-8-6-9-15-20)18-12-4-2-1-3-5-13-19-23(25)27-21-16-10-7-11-17-21/h20-21H,1-19H2. The molecule has 0 aliphatic heterocycles. The van der Waals surface area contributed by atoms with Crippen LogP contribution in [0, 0.1) is 0 Å². The van der Waals surface area contributed by atoms with Gasteiger partial charge in [0.2, 0.25) is 0 Å². The second-order valence-corrected chi connectivity index (χ2v) is 8.47. The van der Waals surface area contributed by atoms with Crippen LogP contribution in [0.3, 0.4) is 0 Å². The Morgan fingerprint density at radius 2 is 0.852 bits per heavy atom. The monoisotopic (exact) mass is 380 g/mol. The Labute approximate surface area is 165 Å². The summed E-state index contributed by atoms with van der Waals surface area (Å²) in [6.45, 7) is 0. The molecule has 0 atom stereocenters. The van der Waals surface area contributed by atoms with E-state index in [0.717, 1.165) is 51.4 Å². The smallest absolute Gasteiger partial charge is 0.306 e. The van der Waals surface area contributed by atoms with Crippen molar-refractivity contribution in [3.63, 3.8) is 0 Å². The molecule has 2 fully saturated rings. The number of unbranched alkanes of at least 4 members (excludes halogenated alkanes) is 6. The predicted octanol–water partition coefficient (Wildman–Crippen LogP) is 6.25. The maximum absolute atomic E-state index is 11.8. The van der Waals surface area contributed by atoms with E-state index in [9.17, 15) is 9.59 Å². The summed E-state index contributed by atoms with van der Waals surface area (Å²) in [5.74, 6) is -0.00300. The van der Waals surface area contributed by atoms with E-state index < -0.39 is 0 Å². The molecule has 0 unspecified atom stereocenters. The number of esters is 2. The normalized spacial score (nSPS) is 19.0. The number of hydrogen-bond donors (Lipinski definition) is 0. The van der Waals surface area contributed by atoms with Crippen molar-refractivity contribution < 1.29 is 19.1 Å². The zero-order valence-corrected chi connectivity index (χ0v) is 17.2. The van der Waals surface area contributed by atoms with E-state index in [4.69, 9.17) is 9.47 Å². The van der Waals surface area contributed by atoms with Crippen LogP contribution in [0.1, 0.15) is 122 Å². The number of rotatable bonds is 12. The van der Waals surface area contributed by atoms with E-state index in [-0.39, 0.29) is 24.1 Å². The van der Waals surface area contributed by atoms with Crippen LogP contribution in [0.2, 0.25) is 0 Å². The van der Waals surface area contributed by atoms with Crippen molar-refractivity contribution in [1.82, 2.24) is 0 Å². The molecule has 0 bridgehead atoms. The number of hydrogen-bond acceptors (Lipinski definition) is 4. The summed E-state index contributed by atoms with van der Waals surface area (Å²) in [5, 5.41) is 0. The third kappa shape index (κ3) is 10.8. The van der Waals surface area contributed by atoms with E-state index >= 15 is 0 Å². The maximum atomic E-state index is 11.8. The Balaban J connectivity index is 1.34. The lowest BCUT2D eigenvalue weighted by molar-refractivity contribution is -0.151. The molecule has 156 valence electrons. The van der Waals surface area contributed by atoms with Crippen molar-refractivity contribution in [2.75, 3.05) is 0 Å². The van der Waals surface area contributed by atoms with Crippen LogP contribution in [0.5, 0.6) is 0 Å². The molecule has 4 heteroatoms. The highest BCUT2D eigenvalue weighted by molar-refractivity contribution is 5.69. The van der Waals surface area contributed by atoms with E-state index in [1.54, 1.807) is 0 Å². The van der Waals surface area contributed by atoms with Gasteiger partial charge in [-0.25, -0.2) is 0 Å². The molecule has 2 rings (SSSR count). The summed E-state index contributed by atoms with van der Waals surface area (Å²) < 4.78 is 11.1. The van der Waals surface area contributed by atoms with Gasteiger partial charge in [0.15, 0.2) is 0 Å². The first kappa shape index (κ1) is 22.2. The van der Waals surface area contributed by atoms with Gasteiger partial charge in [-0.3, -0.25) is 9.59 Å². The SMILES string of the molecule is O=C(CCCCCCCCCC(=O)OC1CCCCC1)OC1CCCCC1. The van der Waals surface area contributed by atoms with Crippen LogP contribution in [-0.2, 0) is 19.1 Å². The minimum Gasteiger partial charge on any atom is -0.462 e.